The van der Waals surface area contributed by atoms with Crippen molar-refractivity contribution in [2.24, 2.45) is 0 Å². The molecule has 1 unspecified atom stereocenters. The van der Waals surface area contributed by atoms with Crippen LogP contribution in [0.3, 0.4) is 0 Å². The van der Waals surface area contributed by atoms with Gasteiger partial charge >= 0.3 is 12.3 Å². The predicted octanol–water partition coefficient (Wildman–Crippen LogP) is 6.49. The van der Waals surface area contributed by atoms with Gasteiger partial charge in [0, 0.05) is 36.0 Å². The van der Waals surface area contributed by atoms with Crippen LogP contribution in [0.2, 0.25) is 0 Å². The summed E-state index contributed by atoms with van der Waals surface area (Å²) in [5.74, 6) is 0. The number of alkyl halides is 3. The van der Waals surface area contributed by atoms with Crippen LogP contribution in [0.15, 0.2) is 48.5 Å². The fraction of sp³-hybridized carbons (Fsp3) is 0.458. The number of halogens is 3. The summed E-state index contributed by atoms with van der Waals surface area (Å²) in [6.07, 6.45) is -3.69. The van der Waals surface area contributed by atoms with E-state index in [0.29, 0.717) is 24.5 Å². The number of para-hydroxylation sites is 1. The second-order valence-corrected chi connectivity index (χ2v) is 8.79. The fourth-order valence-corrected chi connectivity index (χ4v) is 3.45. The lowest BCUT2D eigenvalue weighted by atomic mass is 10.0. The number of amides is 1. The summed E-state index contributed by atoms with van der Waals surface area (Å²) in [7, 11) is 0. The average Bonchev–Trinajstić information content (AvgIpc) is 2.69. The van der Waals surface area contributed by atoms with Crippen LogP contribution in [0, 0.1) is 0 Å². The number of nitrogens with zero attached hydrogens (tertiary/aromatic N) is 1. The predicted molar refractivity (Wildman–Crippen MR) is 121 cm³/mol. The largest absolute Gasteiger partial charge is 0.465 e. The fourth-order valence-electron chi connectivity index (χ4n) is 3.45. The highest BCUT2D eigenvalue weighted by Crippen LogP contribution is 2.32. The Hall–Kier alpha value is -2.74. The van der Waals surface area contributed by atoms with Crippen molar-refractivity contribution in [2.45, 2.75) is 64.8 Å². The van der Waals surface area contributed by atoms with Crippen LogP contribution in [0.1, 0.15) is 51.7 Å². The first-order chi connectivity index (χ1) is 14.9. The summed E-state index contributed by atoms with van der Waals surface area (Å²) in [4.78, 5) is 13.1. The van der Waals surface area contributed by atoms with Gasteiger partial charge in [0.05, 0.1) is 5.56 Å². The smallest absolute Gasteiger partial charge is 0.416 e. The van der Waals surface area contributed by atoms with E-state index in [1.165, 1.54) is 11.0 Å². The van der Waals surface area contributed by atoms with E-state index in [2.05, 4.69) is 10.6 Å². The van der Waals surface area contributed by atoms with Gasteiger partial charge in [-0.15, -0.1) is 0 Å². The number of benzene rings is 2. The molecule has 0 aliphatic heterocycles. The Kier molecular flexibility index (Phi) is 8.55. The maximum absolute atomic E-state index is 13.0. The molecule has 32 heavy (non-hydrogen) atoms. The van der Waals surface area contributed by atoms with Crippen molar-refractivity contribution in [1.82, 2.24) is 10.2 Å². The summed E-state index contributed by atoms with van der Waals surface area (Å²) in [5, 5.41) is 16.1. The van der Waals surface area contributed by atoms with Crippen LogP contribution in [0.4, 0.5) is 29.3 Å². The molecule has 0 fully saturated rings. The standard InChI is InChI=1S/C24H32F3N3O2/c1-5-9-20(16-30(22(31)32)23(2,3)4)28-15-17-10-6-7-13-21(17)29-19-12-8-11-18(14-19)24(25,26)27/h6-8,10-14,20,28-29H,5,9,15-16H2,1-4H3,(H,31,32). The SMILES string of the molecule is CCCC(CN(C(=O)O)C(C)(C)C)NCc1ccccc1Nc1cccc(C(F)(F)F)c1. The molecular weight excluding hydrogens is 419 g/mol. The lowest BCUT2D eigenvalue weighted by molar-refractivity contribution is -0.137. The molecule has 8 heteroatoms. The number of hydrogen-bond acceptors (Lipinski definition) is 3. The normalized spacial score (nSPS) is 13.0. The van der Waals surface area contributed by atoms with Crippen LogP contribution in [-0.2, 0) is 12.7 Å². The number of rotatable bonds is 9. The molecule has 0 saturated heterocycles. The maximum atomic E-state index is 13.0. The van der Waals surface area contributed by atoms with Crippen molar-refractivity contribution < 1.29 is 23.1 Å². The third-order valence-electron chi connectivity index (χ3n) is 5.15. The molecule has 2 rings (SSSR count). The Morgan fingerprint density at radius 1 is 1.09 bits per heavy atom. The monoisotopic (exact) mass is 451 g/mol. The summed E-state index contributed by atoms with van der Waals surface area (Å²) in [6.45, 7) is 8.41. The van der Waals surface area contributed by atoms with Crippen LogP contribution in [0.5, 0.6) is 0 Å². The van der Waals surface area contributed by atoms with E-state index in [0.717, 1.165) is 30.5 Å². The molecular formula is C24H32F3N3O2. The number of anilines is 2. The van der Waals surface area contributed by atoms with Gasteiger partial charge < -0.3 is 20.6 Å². The van der Waals surface area contributed by atoms with E-state index in [9.17, 15) is 23.1 Å². The Labute approximate surface area is 187 Å². The first-order valence-corrected chi connectivity index (χ1v) is 10.7. The molecule has 1 amide bonds. The van der Waals surface area contributed by atoms with Crippen LogP contribution >= 0.6 is 0 Å². The van der Waals surface area contributed by atoms with Gasteiger partial charge in [-0.1, -0.05) is 37.6 Å². The molecule has 1 atom stereocenters. The molecule has 3 N–H and O–H groups in total. The first-order valence-electron chi connectivity index (χ1n) is 10.7. The van der Waals surface area contributed by atoms with Crippen molar-refractivity contribution >= 4 is 17.5 Å². The average molecular weight is 452 g/mol. The number of nitrogens with one attached hydrogen (secondary N) is 2. The molecule has 0 aromatic heterocycles. The topological polar surface area (TPSA) is 64.6 Å². The molecule has 0 saturated carbocycles. The van der Waals surface area contributed by atoms with Crippen molar-refractivity contribution in [1.29, 1.82) is 0 Å². The van der Waals surface area contributed by atoms with Crippen LogP contribution < -0.4 is 10.6 Å². The Bertz CT molecular complexity index is 895. The van der Waals surface area contributed by atoms with E-state index in [4.69, 9.17) is 0 Å². The molecule has 0 bridgehead atoms. The molecule has 0 radical (unpaired) electrons. The highest BCUT2D eigenvalue weighted by atomic mass is 19.4. The third-order valence-corrected chi connectivity index (χ3v) is 5.15. The van der Waals surface area contributed by atoms with Gasteiger partial charge in [-0.2, -0.15) is 13.2 Å². The van der Waals surface area contributed by atoms with Gasteiger partial charge in [-0.05, 0) is 57.0 Å². The quantitative estimate of drug-likeness (QED) is 0.408. The third kappa shape index (κ3) is 7.44. The van der Waals surface area contributed by atoms with Crippen molar-refractivity contribution in [2.75, 3.05) is 11.9 Å². The second kappa shape index (κ2) is 10.7. The zero-order valence-electron chi connectivity index (χ0n) is 19.0. The molecule has 0 spiro atoms. The summed E-state index contributed by atoms with van der Waals surface area (Å²) >= 11 is 0. The van der Waals surface area contributed by atoms with Crippen molar-refractivity contribution in [3.05, 3.63) is 59.7 Å². The summed E-state index contributed by atoms with van der Waals surface area (Å²) in [6, 6.07) is 12.4. The van der Waals surface area contributed by atoms with Gasteiger partial charge in [-0.25, -0.2) is 4.79 Å². The van der Waals surface area contributed by atoms with E-state index < -0.39 is 23.4 Å². The van der Waals surface area contributed by atoms with Crippen molar-refractivity contribution in [3.8, 4) is 0 Å². The molecule has 2 aromatic carbocycles. The van der Waals surface area contributed by atoms with E-state index in [-0.39, 0.29) is 6.04 Å². The number of carboxylic acid groups (broad SMARTS) is 1. The first kappa shape index (κ1) is 25.5. The highest BCUT2D eigenvalue weighted by Gasteiger charge is 2.30. The van der Waals surface area contributed by atoms with Crippen molar-refractivity contribution in [3.63, 3.8) is 0 Å². The number of carbonyl (C=O) groups is 1. The lowest BCUT2D eigenvalue weighted by Gasteiger charge is -2.36. The minimum absolute atomic E-state index is 0.0584. The highest BCUT2D eigenvalue weighted by molar-refractivity contribution is 5.66. The molecule has 0 aliphatic rings. The Morgan fingerprint density at radius 3 is 2.38 bits per heavy atom. The molecule has 0 aliphatic carbocycles. The second-order valence-electron chi connectivity index (χ2n) is 8.79. The maximum Gasteiger partial charge on any atom is 0.416 e. The summed E-state index contributed by atoms with van der Waals surface area (Å²) < 4.78 is 39.1. The minimum Gasteiger partial charge on any atom is -0.465 e. The van der Waals surface area contributed by atoms with Gasteiger partial charge in [0.25, 0.3) is 0 Å². The van der Waals surface area contributed by atoms with Gasteiger partial charge in [0.15, 0.2) is 0 Å². The number of hydrogen-bond donors (Lipinski definition) is 3. The molecule has 0 heterocycles. The van der Waals surface area contributed by atoms with Gasteiger partial charge in [-0.3, -0.25) is 0 Å². The van der Waals surface area contributed by atoms with Gasteiger partial charge in [0.2, 0.25) is 0 Å². The molecule has 2 aromatic rings. The van der Waals surface area contributed by atoms with Gasteiger partial charge in [0.1, 0.15) is 0 Å². The van der Waals surface area contributed by atoms with Crippen LogP contribution in [-0.4, -0.2) is 34.2 Å². The molecule has 5 nitrogen and oxygen atoms in total. The zero-order valence-corrected chi connectivity index (χ0v) is 19.0. The van der Waals surface area contributed by atoms with E-state index >= 15 is 0 Å². The zero-order chi connectivity index (χ0) is 23.9. The van der Waals surface area contributed by atoms with E-state index in [1.807, 2.05) is 52.0 Å². The minimum atomic E-state index is -4.41. The Morgan fingerprint density at radius 2 is 1.78 bits per heavy atom. The van der Waals surface area contributed by atoms with E-state index in [1.54, 1.807) is 6.07 Å². The summed E-state index contributed by atoms with van der Waals surface area (Å²) in [5.41, 5.74) is 0.686. The van der Waals surface area contributed by atoms with Crippen LogP contribution in [0.25, 0.3) is 0 Å². The molecule has 176 valence electrons. The Balaban J connectivity index is 2.15. The lowest BCUT2D eigenvalue weighted by Crippen LogP contribution is -2.51.